The van der Waals surface area contributed by atoms with Crippen LogP contribution in [0.2, 0.25) is 0 Å². The van der Waals surface area contributed by atoms with Crippen LogP contribution < -0.4 is 10.0 Å². The summed E-state index contributed by atoms with van der Waals surface area (Å²) in [6, 6.07) is 18.4. The first-order valence-electron chi connectivity index (χ1n) is 8.25. The van der Waals surface area contributed by atoms with Crippen molar-refractivity contribution in [2.24, 2.45) is 0 Å². The summed E-state index contributed by atoms with van der Waals surface area (Å²) in [5, 5.41) is 2.62. The lowest BCUT2D eigenvalue weighted by Gasteiger charge is -2.10. The van der Waals surface area contributed by atoms with Crippen molar-refractivity contribution in [3.63, 3.8) is 0 Å². The van der Waals surface area contributed by atoms with E-state index in [2.05, 4.69) is 26.0 Å². The maximum absolute atomic E-state index is 13.6. The Morgan fingerprint density at radius 2 is 1.68 bits per heavy atom. The molecule has 0 radical (unpaired) electrons. The van der Waals surface area contributed by atoms with E-state index in [9.17, 15) is 17.6 Å². The third-order valence-electron chi connectivity index (χ3n) is 3.90. The largest absolute Gasteiger partial charge is 0.348 e. The van der Waals surface area contributed by atoms with E-state index in [0.717, 1.165) is 4.47 Å². The highest BCUT2D eigenvalue weighted by Crippen LogP contribution is 2.19. The molecule has 5 nitrogen and oxygen atoms in total. The summed E-state index contributed by atoms with van der Waals surface area (Å²) < 4.78 is 41.8. The first-order chi connectivity index (χ1) is 13.3. The normalized spacial score (nSPS) is 11.1. The topological polar surface area (TPSA) is 75.3 Å². The van der Waals surface area contributed by atoms with E-state index in [1.807, 2.05) is 0 Å². The zero-order valence-electron chi connectivity index (χ0n) is 14.5. The molecule has 0 heterocycles. The zero-order valence-corrected chi connectivity index (χ0v) is 16.9. The molecule has 0 bridgehead atoms. The van der Waals surface area contributed by atoms with E-state index in [1.54, 1.807) is 48.5 Å². The minimum Gasteiger partial charge on any atom is -0.348 e. The van der Waals surface area contributed by atoms with E-state index in [-0.39, 0.29) is 22.7 Å². The van der Waals surface area contributed by atoms with Crippen molar-refractivity contribution in [2.45, 2.75) is 11.4 Å². The number of rotatable bonds is 6. The SMILES string of the molecule is O=C(NCc1ccccc1F)c1cccc(NS(=O)(=O)c2ccc(Br)cc2)c1. The lowest BCUT2D eigenvalue weighted by atomic mass is 10.1. The predicted octanol–water partition coefficient (Wildman–Crippen LogP) is 4.32. The standard InChI is InChI=1S/C20H16BrFN2O3S/c21-16-8-10-18(11-9-16)28(26,27)24-17-6-3-5-14(12-17)20(25)23-13-15-4-1-2-7-19(15)22/h1-12,24H,13H2,(H,23,25). The average Bonchev–Trinajstić information content (AvgIpc) is 2.67. The molecule has 3 aromatic rings. The quantitative estimate of drug-likeness (QED) is 0.572. The third kappa shape index (κ3) is 4.96. The van der Waals surface area contributed by atoms with Gasteiger partial charge in [0.05, 0.1) is 4.90 Å². The number of halogens is 2. The van der Waals surface area contributed by atoms with E-state index >= 15 is 0 Å². The molecule has 0 fully saturated rings. The van der Waals surface area contributed by atoms with Crippen LogP contribution in [0.25, 0.3) is 0 Å². The number of hydrogen-bond donors (Lipinski definition) is 2. The Morgan fingerprint density at radius 1 is 0.964 bits per heavy atom. The van der Waals surface area contributed by atoms with Gasteiger partial charge >= 0.3 is 0 Å². The summed E-state index contributed by atoms with van der Waals surface area (Å²) in [6.45, 7) is 0.0281. The Balaban J connectivity index is 1.72. The number of sulfonamides is 1. The van der Waals surface area contributed by atoms with Crippen LogP contribution >= 0.6 is 15.9 Å². The predicted molar refractivity (Wildman–Crippen MR) is 109 cm³/mol. The summed E-state index contributed by atoms with van der Waals surface area (Å²) in [6.07, 6.45) is 0. The van der Waals surface area contributed by atoms with Crippen LogP contribution in [0.4, 0.5) is 10.1 Å². The summed E-state index contributed by atoms with van der Waals surface area (Å²) in [5.41, 5.74) is 0.872. The number of amides is 1. The van der Waals surface area contributed by atoms with Crippen molar-refractivity contribution in [1.82, 2.24) is 5.32 Å². The number of benzene rings is 3. The second kappa shape index (κ2) is 8.53. The molecule has 0 aromatic heterocycles. The molecule has 3 aromatic carbocycles. The van der Waals surface area contributed by atoms with E-state index in [0.29, 0.717) is 5.56 Å². The maximum Gasteiger partial charge on any atom is 0.261 e. The van der Waals surface area contributed by atoms with Crippen molar-refractivity contribution < 1.29 is 17.6 Å². The molecule has 0 unspecified atom stereocenters. The Hall–Kier alpha value is -2.71. The number of anilines is 1. The van der Waals surface area contributed by atoms with Crippen molar-refractivity contribution in [3.05, 3.63) is 94.2 Å². The van der Waals surface area contributed by atoms with Crippen LogP contribution in [-0.4, -0.2) is 14.3 Å². The highest BCUT2D eigenvalue weighted by atomic mass is 79.9. The molecule has 0 saturated carbocycles. The van der Waals surface area contributed by atoms with Gasteiger partial charge in [0.1, 0.15) is 5.82 Å². The molecule has 0 saturated heterocycles. The molecule has 144 valence electrons. The van der Waals surface area contributed by atoms with Crippen LogP contribution in [0.1, 0.15) is 15.9 Å². The molecule has 0 spiro atoms. The first-order valence-corrected chi connectivity index (χ1v) is 10.5. The van der Waals surface area contributed by atoms with Gasteiger partial charge < -0.3 is 5.32 Å². The summed E-state index contributed by atoms with van der Waals surface area (Å²) >= 11 is 3.26. The van der Waals surface area contributed by atoms with Gasteiger partial charge in [-0.2, -0.15) is 0 Å². The van der Waals surface area contributed by atoms with Gasteiger partial charge in [-0.25, -0.2) is 12.8 Å². The fraction of sp³-hybridized carbons (Fsp3) is 0.0500. The van der Waals surface area contributed by atoms with Gasteiger partial charge in [-0.05, 0) is 48.5 Å². The fourth-order valence-electron chi connectivity index (χ4n) is 2.47. The molecule has 2 N–H and O–H groups in total. The second-order valence-electron chi connectivity index (χ2n) is 5.91. The monoisotopic (exact) mass is 462 g/mol. The van der Waals surface area contributed by atoms with Crippen LogP contribution in [0.5, 0.6) is 0 Å². The number of carbonyl (C=O) groups is 1. The van der Waals surface area contributed by atoms with Crippen LogP contribution in [0.3, 0.4) is 0 Å². The molecule has 28 heavy (non-hydrogen) atoms. The summed E-state index contributed by atoms with van der Waals surface area (Å²) in [4.78, 5) is 12.4. The molecule has 0 aliphatic heterocycles. The van der Waals surface area contributed by atoms with Gasteiger partial charge in [0.15, 0.2) is 0 Å². The lowest BCUT2D eigenvalue weighted by Crippen LogP contribution is -2.23. The van der Waals surface area contributed by atoms with Gasteiger partial charge in [-0.1, -0.05) is 40.2 Å². The Morgan fingerprint density at radius 3 is 2.39 bits per heavy atom. The molecule has 0 atom stereocenters. The maximum atomic E-state index is 13.6. The minimum absolute atomic E-state index is 0.0281. The zero-order chi connectivity index (χ0) is 20.1. The second-order valence-corrected chi connectivity index (χ2v) is 8.51. The van der Waals surface area contributed by atoms with Gasteiger partial charge in [0.25, 0.3) is 15.9 Å². The third-order valence-corrected chi connectivity index (χ3v) is 5.82. The lowest BCUT2D eigenvalue weighted by molar-refractivity contribution is 0.0950. The molecule has 8 heteroatoms. The molecular weight excluding hydrogens is 447 g/mol. The number of carbonyl (C=O) groups excluding carboxylic acids is 1. The van der Waals surface area contributed by atoms with E-state index < -0.39 is 21.7 Å². The number of nitrogens with one attached hydrogen (secondary N) is 2. The summed E-state index contributed by atoms with van der Waals surface area (Å²) in [7, 11) is -3.79. The average molecular weight is 463 g/mol. The minimum atomic E-state index is -3.79. The Labute approximate surface area is 170 Å². The molecule has 3 rings (SSSR count). The van der Waals surface area contributed by atoms with Crippen molar-refractivity contribution in [3.8, 4) is 0 Å². The van der Waals surface area contributed by atoms with Crippen LogP contribution in [0.15, 0.2) is 82.2 Å². The van der Waals surface area contributed by atoms with Crippen LogP contribution in [-0.2, 0) is 16.6 Å². The van der Waals surface area contributed by atoms with Gasteiger partial charge in [-0.3, -0.25) is 9.52 Å². The van der Waals surface area contributed by atoms with Crippen molar-refractivity contribution in [1.29, 1.82) is 0 Å². The van der Waals surface area contributed by atoms with Crippen molar-refractivity contribution in [2.75, 3.05) is 4.72 Å². The highest BCUT2D eigenvalue weighted by Gasteiger charge is 2.15. The molecule has 1 amide bonds. The van der Waals surface area contributed by atoms with E-state index in [4.69, 9.17) is 0 Å². The Kier molecular flexibility index (Phi) is 6.11. The molecule has 0 aliphatic rings. The molecule has 0 aliphatic carbocycles. The van der Waals surface area contributed by atoms with E-state index in [1.165, 1.54) is 24.3 Å². The number of hydrogen-bond acceptors (Lipinski definition) is 3. The van der Waals surface area contributed by atoms with Crippen molar-refractivity contribution >= 4 is 37.5 Å². The fourth-order valence-corrected chi connectivity index (χ4v) is 3.78. The first kappa shape index (κ1) is 20.0. The Bertz CT molecular complexity index is 1100. The molecular formula is C20H16BrFN2O3S. The van der Waals surface area contributed by atoms with Crippen LogP contribution in [0, 0.1) is 5.82 Å². The summed E-state index contributed by atoms with van der Waals surface area (Å²) in [5.74, 6) is -0.841. The van der Waals surface area contributed by atoms with Gasteiger partial charge in [0.2, 0.25) is 0 Å². The van der Waals surface area contributed by atoms with Gasteiger partial charge in [-0.15, -0.1) is 0 Å². The smallest absolute Gasteiger partial charge is 0.261 e. The highest BCUT2D eigenvalue weighted by molar-refractivity contribution is 9.10. The van der Waals surface area contributed by atoms with Gasteiger partial charge in [0, 0.05) is 27.8 Å².